The highest BCUT2D eigenvalue weighted by atomic mass is 19.1. The van der Waals surface area contributed by atoms with Crippen molar-refractivity contribution < 1.29 is 13.9 Å². The molecule has 152 valence electrons. The first-order chi connectivity index (χ1) is 14.1. The Hall–Kier alpha value is -3.07. The van der Waals surface area contributed by atoms with Crippen LogP contribution in [0.1, 0.15) is 43.0 Å². The number of ether oxygens (including phenoxy) is 1. The van der Waals surface area contributed by atoms with Gasteiger partial charge in [-0.25, -0.2) is 19.0 Å². The first-order valence-corrected chi connectivity index (χ1v) is 9.71. The topological polar surface area (TPSA) is 102 Å². The second kappa shape index (κ2) is 8.12. The summed E-state index contributed by atoms with van der Waals surface area (Å²) < 4.78 is 20.8. The van der Waals surface area contributed by atoms with Gasteiger partial charge in [-0.2, -0.15) is 0 Å². The van der Waals surface area contributed by atoms with Gasteiger partial charge in [0.2, 0.25) is 5.95 Å². The number of rotatable bonds is 5. The van der Waals surface area contributed by atoms with Crippen LogP contribution in [0.15, 0.2) is 35.4 Å². The summed E-state index contributed by atoms with van der Waals surface area (Å²) in [5.41, 5.74) is 0.0927. The molecule has 0 spiro atoms. The molecule has 2 heterocycles. The van der Waals surface area contributed by atoms with Crippen LogP contribution in [0.25, 0.3) is 16.9 Å². The minimum absolute atomic E-state index is 0.0550. The summed E-state index contributed by atoms with van der Waals surface area (Å²) in [7, 11) is 0. The predicted molar refractivity (Wildman–Crippen MR) is 105 cm³/mol. The summed E-state index contributed by atoms with van der Waals surface area (Å²) in [6, 6.07) is 4.42. The van der Waals surface area contributed by atoms with Crippen molar-refractivity contribution in [2.45, 2.75) is 44.8 Å². The maximum atomic E-state index is 13.9. The van der Waals surface area contributed by atoms with Gasteiger partial charge in [-0.05, 0) is 44.7 Å². The maximum Gasteiger partial charge on any atom is 0.275 e. The average Bonchev–Trinajstić information content (AvgIpc) is 3.07. The van der Waals surface area contributed by atoms with E-state index in [0.717, 1.165) is 25.7 Å². The van der Waals surface area contributed by atoms with Gasteiger partial charge < -0.3 is 10.1 Å². The Balaban J connectivity index is 1.47. The predicted octanol–water partition coefficient (Wildman–Crippen LogP) is 2.33. The highest BCUT2D eigenvalue weighted by Gasteiger charge is 2.23. The smallest absolute Gasteiger partial charge is 0.275 e. The van der Waals surface area contributed by atoms with Crippen LogP contribution in [0.3, 0.4) is 0 Å². The Morgan fingerprint density at radius 2 is 2.00 bits per heavy atom. The average molecular weight is 399 g/mol. The van der Waals surface area contributed by atoms with E-state index in [1.54, 1.807) is 6.07 Å². The first kappa shape index (κ1) is 19.3. The van der Waals surface area contributed by atoms with E-state index in [9.17, 15) is 14.0 Å². The summed E-state index contributed by atoms with van der Waals surface area (Å²) in [5, 5.41) is 5.48. The zero-order valence-corrected chi connectivity index (χ0v) is 16.0. The lowest BCUT2D eigenvalue weighted by Gasteiger charge is -2.28. The molecule has 8 nitrogen and oxygen atoms in total. The number of hydrogen-bond acceptors (Lipinski definition) is 5. The van der Waals surface area contributed by atoms with Crippen LogP contribution in [0.2, 0.25) is 0 Å². The van der Waals surface area contributed by atoms with Crippen LogP contribution in [-0.2, 0) is 4.74 Å². The van der Waals surface area contributed by atoms with Gasteiger partial charge in [0.25, 0.3) is 11.5 Å². The number of hydrogen-bond donors (Lipinski definition) is 2. The number of amides is 1. The summed E-state index contributed by atoms with van der Waals surface area (Å²) in [6.45, 7) is 2.69. The fourth-order valence-corrected chi connectivity index (χ4v) is 3.73. The molecule has 1 aliphatic rings. The van der Waals surface area contributed by atoms with Crippen LogP contribution in [0.5, 0.6) is 0 Å². The number of benzene rings is 1. The van der Waals surface area contributed by atoms with Crippen molar-refractivity contribution in [3.63, 3.8) is 0 Å². The van der Waals surface area contributed by atoms with Crippen molar-refractivity contribution in [3.05, 3.63) is 52.3 Å². The normalized spacial score (nSPS) is 19.4. The molecule has 0 saturated heterocycles. The summed E-state index contributed by atoms with van der Waals surface area (Å²) >= 11 is 0. The zero-order valence-electron chi connectivity index (χ0n) is 16.0. The minimum Gasteiger partial charge on any atom is -0.379 e. The van der Waals surface area contributed by atoms with Crippen LogP contribution in [-0.4, -0.2) is 44.4 Å². The minimum atomic E-state index is -0.613. The van der Waals surface area contributed by atoms with Gasteiger partial charge in [-0.1, -0.05) is 6.07 Å². The van der Waals surface area contributed by atoms with Gasteiger partial charge in [0.05, 0.1) is 17.2 Å². The molecule has 1 saturated carbocycles. The Labute approximate surface area is 166 Å². The molecule has 1 amide bonds. The van der Waals surface area contributed by atoms with Gasteiger partial charge in [0.15, 0.2) is 0 Å². The number of carbonyl (C=O) groups excluding carboxylic acids is 1. The van der Waals surface area contributed by atoms with Gasteiger partial charge in [0.1, 0.15) is 11.2 Å². The lowest BCUT2D eigenvalue weighted by atomic mass is 9.93. The second-order valence-corrected chi connectivity index (χ2v) is 7.08. The summed E-state index contributed by atoms with van der Waals surface area (Å²) in [5.74, 6) is -0.706. The molecular formula is C20H22FN5O3. The first-order valence-electron chi connectivity index (χ1n) is 9.71. The number of aromatic amines is 1. The number of nitrogens with one attached hydrogen (secondary N) is 2. The molecule has 0 unspecified atom stereocenters. The Kier molecular flexibility index (Phi) is 5.39. The Morgan fingerprint density at radius 1 is 1.28 bits per heavy atom. The molecule has 0 radical (unpaired) electrons. The molecule has 2 N–H and O–H groups in total. The molecule has 1 fully saturated rings. The highest BCUT2D eigenvalue weighted by Crippen LogP contribution is 2.21. The maximum absolute atomic E-state index is 13.9. The van der Waals surface area contributed by atoms with E-state index in [1.165, 1.54) is 29.2 Å². The van der Waals surface area contributed by atoms with E-state index in [-0.39, 0.29) is 29.4 Å². The summed E-state index contributed by atoms with van der Waals surface area (Å²) in [6.07, 6.45) is 6.67. The largest absolute Gasteiger partial charge is 0.379 e. The number of H-pyrrole nitrogens is 1. The number of fused-ring (bicyclic) bond motifs is 1. The lowest BCUT2D eigenvalue weighted by molar-refractivity contribution is 0.0300. The van der Waals surface area contributed by atoms with E-state index in [0.29, 0.717) is 17.7 Å². The third-order valence-electron chi connectivity index (χ3n) is 5.19. The zero-order chi connectivity index (χ0) is 20.4. The molecule has 3 aromatic rings. The van der Waals surface area contributed by atoms with Crippen molar-refractivity contribution in [2.24, 2.45) is 0 Å². The number of aromatic nitrogens is 4. The fourth-order valence-electron chi connectivity index (χ4n) is 3.73. The lowest BCUT2D eigenvalue weighted by Crippen LogP contribution is -2.39. The van der Waals surface area contributed by atoms with E-state index in [2.05, 4.69) is 20.4 Å². The van der Waals surface area contributed by atoms with Crippen LogP contribution in [0.4, 0.5) is 4.39 Å². The molecule has 9 heteroatoms. The van der Waals surface area contributed by atoms with Gasteiger partial charge in [-0.15, -0.1) is 0 Å². The van der Waals surface area contributed by atoms with Gasteiger partial charge >= 0.3 is 0 Å². The standard InChI is InChI=1S/C20H22FN5O3/c1-2-29-14-8-6-13(7-9-14)24-18(27)12-10-22-20(23-11-12)26-16-5-3-4-15(21)17(16)19(28)25-26/h3-5,10-11,13-14H,2,6-9H2,1H3,(H,24,27)(H,25,28). The van der Waals surface area contributed by atoms with Crippen LogP contribution >= 0.6 is 0 Å². The molecule has 0 bridgehead atoms. The van der Waals surface area contributed by atoms with Crippen molar-refractivity contribution in [1.29, 1.82) is 0 Å². The fraction of sp³-hybridized carbons (Fsp3) is 0.400. The van der Waals surface area contributed by atoms with Crippen molar-refractivity contribution in [3.8, 4) is 5.95 Å². The molecule has 29 heavy (non-hydrogen) atoms. The number of halogens is 1. The molecule has 2 aromatic heterocycles. The molecular weight excluding hydrogens is 377 g/mol. The van der Waals surface area contributed by atoms with E-state index >= 15 is 0 Å². The van der Waals surface area contributed by atoms with Crippen LogP contribution < -0.4 is 10.9 Å². The third kappa shape index (κ3) is 3.91. The second-order valence-electron chi connectivity index (χ2n) is 7.08. The molecule has 1 aliphatic carbocycles. The van der Waals surface area contributed by atoms with E-state index < -0.39 is 11.4 Å². The molecule has 0 aliphatic heterocycles. The van der Waals surface area contributed by atoms with Crippen molar-refractivity contribution in [1.82, 2.24) is 25.1 Å². The Morgan fingerprint density at radius 3 is 2.69 bits per heavy atom. The molecule has 0 atom stereocenters. The Bertz CT molecular complexity index is 1070. The third-order valence-corrected chi connectivity index (χ3v) is 5.19. The number of carbonyl (C=O) groups is 1. The molecule has 1 aromatic carbocycles. The molecule has 4 rings (SSSR count). The quantitative estimate of drug-likeness (QED) is 0.686. The monoisotopic (exact) mass is 399 g/mol. The van der Waals surface area contributed by atoms with Crippen molar-refractivity contribution >= 4 is 16.8 Å². The SMILES string of the molecule is CCOC1CCC(NC(=O)c2cnc(-n3[nH]c(=O)c4c(F)cccc43)nc2)CC1. The van der Waals surface area contributed by atoms with E-state index in [4.69, 9.17) is 4.74 Å². The van der Waals surface area contributed by atoms with Gasteiger partial charge in [0, 0.05) is 25.0 Å². The number of nitrogens with zero attached hydrogens (tertiary/aromatic N) is 3. The highest BCUT2D eigenvalue weighted by molar-refractivity contribution is 5.93. The van der Waals surface area contributed by atoms with Gasteiger partial charge in [-0.3, -0.25) is 14.7 Å². The van der Waals surface area contributed by atoms with Crippen molar-refractivity contribution in [2.75, 3.05) is 6.61 Å². The summed E-state index contributed by atoms with van der Waals surface area (Å²) in [4.78, 5) is 32.8. The van der Waals surface area contributed by atoms with E-state index in [1.807, 2.05) is 6.92 Å². The van der Waals surface area contributed by atoms with Crippen LogP contribution in [0, 0.1) is 5.82 Å².